The van der Waals surface area contributed by atoms with Crippen LogP contribution in [0.25, 0.3) is 11.0 Å². The Morgan fingerprint density at radius 3 is 2.75 bits per heavy atom. The zero-order chi connectivity index (χ0) is 14.1. The number of halogens is 2. The van der Waals surface area contributed by atoms with Gasteiger partial charge in [-0.2, -0.15) is 0 Å². The van der Waals surface area contributed by atoms with E-state index in [2.05, 4.69) is 9.88 Å². The molecule has 0 radical (unpaired) electrons. The summed E-state index contributed by atoms with van der Waals surface area (Å²) in [6, 6.07) is 2.94. The van der Waals surface area contributed by atoms with Crippen LogP contribution in [0.5, 0.6) is 0 Å². The molecule has 1 aromatic heterocycles. The highest BCUT2D eigenvalue weighted by molar-refractivity contribution is 6.31. The van der Waals surface area contributed by atoms with Crippen molar-refractivity contribution in [1.82, 2.24) is 14.5 Å². The molecule has 4 nitrogen and oxygen atoms in total. The molecule has 1 saturated heterocycles. The van der Waals surface area contributed by atoms with E-state index in [9.17, 15) is 4.39 Å². The van der Waals surface area contributed by atoms with Gasteiger partial charge in [0.2, 0.25) is 5.95 Å². The van der Waals surface area contributed by atoms with Crippen LogP contribution in [-0.4, -0.2) is 34.1 Å². The molecule has 0 bridgehead atoms. The van der Waals surface area contributed by atoms with Gasteiger partial charge in [-0.05, 0) is 45.0 Å². The fourth-order valence-electron chi connectivity index (χ4n) is 2.83. The molecule has 2 N–H and O–H groups in total. The summed E-state index contributed by atoms with van der Waals surface area (Å²) in [6.45, 7) is 4.17. The second-order valence-corrected chi connectivity index (χ2v) is 5.69. The Balaban J connectivity index is 1.76. The first-order valence-corrected chi connectivity index (χ1v) is 7.36. The second-order valence-electron chi connectivity index (χ2n) is 5.28. The van der Waals surface area contributed by atoms with E-state index in [1.54, 1.807) is 0 Å². The fourth-order valence-corrected chi connectivity index (χ4v) is 2.99. The lowest BCUT2D eigenvalue weighted by Gasteiger charge is -2.14. The molecule has 6 heteroatoms. The van der Waals surface area contributed by atoms with Crippen molar-refractivity contribution in [1.29, 1.82) is 0 Å². The van der Waals surface area contributed by atoms with Crippen molar-refractivity contribution in [3.05, 3.63) is 23.0 Å². The third kappa shape index (κ3) is 2.60. The first kappa shape index (κ1) is 13.6. The third-order valence-electron chi connectivity index (χ3n) is 3.87. The zero-order valence-corrected chi connectivity index (χ0v) is 12.0. The lowest BCUT2D eigenvalue weighted by atomic mass is 10.3. The number of rotatable bonds is 4. The molecule has 1 aromatic carbocycles. The summed E-state index contributed by atoms with van der Waals surface area (Å²) >= 11 is 5.77. The predicted molar refractivity (Wildman–Crippen MR) is 79.4 cm³/mol. The van der Waals surface area contributed by atoms with Crippen LogP contribution >= 0.6 is 11.6 Å². The minimum atomic E-state index is -0.431. The van der Waals surface area contributed by atoms with Gasteiger partial charge in [0.05, 0.1) is 16.1 Å². The maximum Gasteiger partial charge on any atom is 0.201 e. The Labute approximate surface area is 122 Å². The van der Waals surface area contributed by atoms with Crippen molar-refractivity contribution in [2.45, 2.75) is 25.8 Å². The van der Waals surface area contributed by atoms with Gasteiger partial charge in [-0.1, -0.05) is 11.6 Å². The fraction of sp³-hybridized carbons (Fsp3) is 0.500. The monoisotopic (exact) mass is 296 g/mol. The Kier molecular flexibility index (Phi) is 3.81. The van der Waals surface area contributed by atoms with Gasteiger partial charge in [-0.25, -0.2) is 9.37 Å². The van der Waals surface area contributed by atoms with E-state index in [-0.39, 0.29) is 5.02 Å². The number of hydrogen-bond acceptors (Lipinski definition) is 3. The van der Waals surface area contributed by atoms with E-state index in [0.717, 1.165) is 19.5 Å². The zero-order valence-electron chi connectivity index (χ0n) is 11.3. The van der Waals surface area contributed by atoms with Crippen molar-refractivity contribution in [3.8, 4) is 0 Å². The van der Waals surface area contributed by atoms with E-state index in [1.807, 2.05) is 4.57 Å². The molecule has 0 spiro atoms. The van der Waals surface area contributed by atoms with E-state index < -0.39 is 5.82 Å². The highest BCUT2D eigenvalue weighted by atomic mass is 35.5. The SMILES string of the molecule is Nc1nc2cc(Cl)c(F)cc2n1CCCN1CCCC1. The second kappa shape index (κ2) is 5.58. The van der Waals surface area contributed by atoms with Crippen LogP contribution in [0.3, 0.4) is 0 Å². The minimum absolute atomic E-state index is 0.0826. The topological polar surface area (TPSA) is 47.1 Å². The van der Waals surface area contributed by atoms with Gasteiger partial charge in [0.15, 0.2) is 0 Å². The van der Waals surface area contributed by atoms with Crippen molar-refractivity contribution in [2.24, 2.45) is 0 Å². The van der Waals surface area contributed by atoms with Crippen LogP contribution < -0.4 is 5.73 Å². The number of nitrogens with zero attached hydrogens (tertiary/aromatic N) is 3. The lowest BCUT2D eigenvalue weighted by molar-refractivity contribution is 0.326. The average Bonchev–Trinajstić information content (AvgIpc) is 3.01. The summed E-state index contributed by atoms with van der Waals surface area (Å²) in [6.07, 6.45) is 3.57. The van der Waals surface area contributed by atoms with E-state index in [1.165, 1.54) is 38.1 Å². The van der Waals surface area contributed by atoms with Gasteiger partial charge in [0.25, 0.3) is 0 Å². The van der Waals surface area contributed by atoms with Gasteiger partial charge >= 0.3 is 0 Å². The number of nitrogen functional groups attached to an aromatic ring is 1. The molecule has 1 fully saturated rings. The number of imidazole rings is 1. The minimum Gasteiger partial charge on any atom is -0.369 e. The number of nitrogens with two attached hydrogens (primary N) is 1. The standard InChI is InChI=1S/C14H18ClFN4/c15-10-8-12-13(9-11(10)16)20(14(17)18-12)7-3-6-19-4-1-2-5-19/h8-9H,1-7H2,(H2,17,18). The summed E-state index contributed by atoms with van der Waals surface area (Å²) in [7, 11) is 0. The normalized spacial score (nSPS) is 16.3. The van der Waals surface area contributed by atoms with Crippen LogP contribution in [0.4, 0.5) is 10.3 Å². The van der Waals surface area contributed by atoms with Crippen LogP contribution in [-0.2, 0) is 6.54 Å². The summed E-state index contributed by atoms with van der Waals surface area (Å²) in [5.74, 6) is -0.0112. The van der Waals surface area contributed by atoms with Crippen LogP contribution in [0.1, 0.15) is 19.3 Å². The number of likely N-dealkylation sites (tertiary alicyclic amines) is 1. The van der Waals surface area contributed by atoms with E-state index >= 15 is 0 Å². The smallest absolute Gasteiger partial charge is 0.201 e. The largest absolute Gasteiger partial charge is 0.369 e. The molecular weight excluding hydrogens is 279 g/mol. The Hall–Kier alpha value is -1.33. The van der Waals surface area contributed by atoms with Crippen LogP contribution in [0, 0.1) is 5.82 Å². The summed E-state index contributed by atoms with van der Waals surface area (Å²) in [5, 5.41) is 0.0826. The number of aryl methyl sites for hydroxylation is 1. The van der Waals surface area contributed by atoms with Crippen molar-refractivity contribution >= 4 is 28.6 Å². The Bertz CT molecular complexity index is 619. The predicted octanol–water partition coefficient (Wildman–Crippen LogP) is 2.90. The maximum absolute atomic E-state index is 13.6. The molecule has 0 aliphatic carbocycles. The molecule has 0 unspecified atom stereocenters. The number of anilines is 1. The Morgan fingerprint density at radius 2 is 2.00 bits per heavy atom. The maximum atomic E-state index is 13.6. The highest BCUT2D eigenvalue weighted by Crippen LogP contribution is 2.25. The molecular formula is C14H18ClFN4. The van der Waals surface area contributed by atoms with Gasteiger partial charge in [-0.3, -0.25) is 0 Å². The molecule has 108 valence electrons. The van der Waals surface area contributed by atoms with Crippen molar-refractivity contribution < 1.29 is 4.39 Å². The van der Waals surface area contributed by atoms with Gasteiger partial charge < -0.3 is 15.2 Å². The molecule has 1 aliphatic heterocycles. The molecule has 1 aliphatic rings. The highest BCUT2D eigenvalue weighted by Gasteiger charge is 2.13. The van der Waals surface area contributed by atoms with Gasteiger partial charge in [0.1, 0.15) is 5.82 Å². The van der Waals surface area contributed by atoms with E-state index in [0.29, 0.717) is 17.0 Å². The number of benzene rings is 1. The first-order chi connectivity index (χ1) is 9.65. The molecule has 20 heavy (non-hydrogen) atoms. The van der Waals surface area contributed by atoms with Crippen molar-refractivity contribution in [2.75, 3.05) is 25.4 Å². The molecule has 0 atom stereocenters. The lowest BCUT2D eigenvalue weighted by Crippen LogP contribution is -2.21. The molecule has 2 aromatic rings. The molecule has 0 saturated carbocycles. The van der Waals surface area contributed by atoms with Crippen LogP contribution in [0.2, 0.25) is 5.02 Å². The van der Waals surface area contributed by atoms with Gasteiger partial charge in [-0.15, -0.1) is 0 Å². The van der Waals surface area contributed by atoms with Crippen molar-refractivity contribution in [3.63, 3.8) is 0 Å². The summed E-state index contributed by atoms with van der Waals surface area (Å²) in [4.78, 5) is 6.69. The molecule has 3 rings (SSSR count). The third-order valence-corrected chi connectivity index (χ3v) is 4.16. The van der Waals surface area contributed by atoms with Crippen LogP contribution in [0.15, 0.2) is 12.1 Å². The molecule has 2 heterocycles. The number of fused-ring (bicyclic) bond motifs is 1. The summed E-state index contributed by atoms with van der Waals surface area (Å²) < 4.78 is 15.4. The molecule has 0 amide bonds. The Morgan fingerprint density at radius 1 is 1.25 bits per heavy atom. The number of hydrogen-bond donors (Lipinski definition) is 1. The first-order valence-electron chi connectivity index (χ1n) is 6.98. The average molecular weight is 297 g/mol. The van der Waals surface area contributed by atoms with E-state index in [4.69, 9.17) is 17.3 Å². The van der Waals surface area contributed by atoms with Gasteiger partial charge in [0, 0.05) is 12.6 Å². The summed E-state index contributed by atoms with van der Waals surface area (Å²) in [5.41, 5.74) is 7.28. The number of aromatic nitrogens is 2. The quantitative estimate of drug-likeness (QED) is 0.944.